The SMILES string of the molecule is CCOc1ccc(CNCc2cccs2)cc1OC.Cl. The smallest absolute Gasteiger partial charge is 0.161 e. The Labute approximate surface area is 130 Å². The highest BCUT2D eigenvalue weighted by Crippen LogP contribution is 2.27. The van der Waals surface area contributed by atoms with Crippen molar-refractivity contribution in [2.24, 2.45) is 0 Å². The van der Waals surface area contributed by atoms with Crippen LogP contribution in [0.1, 0.15) is 17.4 Å². The highest BCUT2D eigenvalue weighted by Gasteiger charge is 2.05. The number of hydrogen-bond acceptors (Lipinski definition) is 4. The van der Waals surface area contributed by atoms with Crippen molar-refractivity contribution in [2.45, 2.75) is 20.0 Å². The lowest BCUT2D eigenvalue weighted by molar-refractivity contribution is 0.310. The second-order valence-corrected chi connectivity index (χ2v) is 5.13. The maximum Gasteiger partial charge on any atom is 0.161 e. The van der Waals surface area contributed by atoms with Gasteiger partial charge in [-0.05, 0) is 36.1 Å². The Morgan fingerprint density at radius 2 is 2.00 bits per heavy atom. The van der Waals surface area contributed by atoms with Gasteiger partial charge in [0.2, 0.25) is 0 Å². The van der Waals surface area contributed by atoms with Crippen LogP contribution in [0.2, 0.25) is 0 Å². The number of rotatable bonds is 7. The second kappa shape index (κ2) is 8.84. The molecule has 5 heteroatoms. The molecule has 0 fully saturated rings. The van der Waals surface area contributed by atoms with Crippen molar-refractivity contribution in [2.75, 3.05) is 13.7 Å². The molecule has 1 N–H and O–H groups in total. The molecule has 2 aromatic rings. The lowest BCUT2D eigenvalue weighted by atomic mass is 10.2. The zero-order valence-corrected chi connectivity index (χ0v) is 13.4. The van der Waals surface area contributed by atoms with Gasteiger partial charge in [-0.3, -0.25) is 0 Å². The third-order valence-electron chi connectivity index (χ3n) is 2.74. The number of ether oxygens (including phenoxy) is 2. The van der Waals surface area contributed by atoms with Crippen LogP contribution in [-0.4, -0.2) is 13.7 Å². The summed E-state index contributed by atoms with van der Waals surface area (Å²) in [5.74, 6) is 1.59. The Hall–Kier alpha value is -1.23. The third kappa shape index (κ3) is 4.71. The summed E-state index contributed by atoms with van der Waals surface area (Å²) in [6.07, 6.45) is 0. The van der Waals surface area contributed by atoms with Gasteiger partial charge in [-0.1, -0.05) is 12.1 Å². The molecule has 0 saturated carbocycles. The fourth-order valence-corrected chi connectivity index (χ4v) is 2.51. The molecule has 1 heterocycles. The summed E-state index contributed by atoms with van der Waals surface area (Å²) in [7, 11) is 1.67. The van der Waals surface area contributed by atoms with E-state index in [2.05, 4.69) is 28.9 Å². The number of hydrogen-bond donors (Lipinski definition) is 1. The van der Waals surface area contributed by atoms with Crippen LogP contribution in [0, 0.1) is 0 Å². The summed E-state index contributed by atoms with van der Waals surface area (Å²) in [5.41, 5.74) is 1.19. The molecule has 3 nitrogen and oxygen atoms in total. The van der Waals surface area contributed by atoms with Crippen LogP contribution in [0.25, 0.3) is 0 Å². The normalized spacial score (nSPS) is 9.90. The maximum atomic E-state index is 5.50. The van der Waals surface area contributed by atoms with Gasteiger partial charge in [0, 0.05) is 18.0 Å². The standard InChI is InChI=1S/C15H19NO2S.ClH/c1-3-18-14-7-6-12(9-15(14)17-2)10-16-11-13-5-4-8-19-13;/h4-9,16H,3,10-11H2,1-2H3;1H. The van der Waals surface area contributed by atoms with E-state index >= 15 is 0 Å². The van der Waals surface area contributed by atoms with Crippen LogP contribution in [0.15, 0.2) is 35.7 Å². The number of methoxy groups -OCH3 is 1. The highest BCUT2D eigenvalue weighted by atomic mass is 35.5. The molecule has 2 rings (SSSR count). The molecule has 0 bridgehead atoms. The van der Waals surface area contributed by atoms with Gasteiger partial charge < -0.3 is 14.8 Å². The first kappa shape index (κ1) is 16.8. The second-order valence-electron chi connectivity index (χ2n) is 4.10. The van der Waals surface area contributed by atoms with Crippen molar-refractivity contribution in [1.82, 2.24) is 5.32 Å². The maximum absolute atomic E-state index is 5.50. The first-order chi connectivity index (χ1) is 9.33. The molecule has 0 amide bonds. The Kier molecular flexibility index (Phi) is 7.44. The third-order valence-corrected chi connectivity index (χ3v) is 3.61. The lowest BCUT2D eigenvalue weighted by Crippen LogP contribution is -2.11. The zero-order chi connectivity index (χ0) is 13.5. The first-order valence-corrected chi connectivity index (χ1v) is 7.24. The number of thiophene rings is 1. The van der Waals surface area contributed by atoms with Crippen molar-refractivity contribution < 1.29 is 9.47 Å². The molecule has 0 spiro atoms. The van der Waals surface area contributed by atoms with Gasteiger partial charge in [-0.15, -0.1) is 23.7 Å². The van der Waals surface area contributed by atoms with E-state index in [9.17, 15) is 0 Å². The molecule has 110 valence electrons. The molecule has 0 aliphatic heterocycles. The van der Waals surface area contributed by atoms with Gasteiger partial charge in [0.15, 0.2) is 11.5 Å². The first-order valence-electron chi connectivity index (χ1n) is 6.36. The highest BCUT2D eigenvalue weighted by molar-refractivity contribution is 7.09. The Balaban J connectivity index is 0.00000200. The molecule has 20 heavy (non-hydrogen) atoms. The van der Waals surface area contributed by atoms with E-state index in [0.29, 0.717) is 6.61 Å². The molecule has 0 aliphatic carbocycles. The number of benzene rings is 1. The van der Waals surface area contributed by atoms with Crippen molar-refractivity contribution in [3.63, 3.8) is 0 Å². The van der Waals surface area contributed by atoms with E-state index in [1.165, 1.54) is 10.4 Å². The molecule has 0 radical (unpaired) electrons. The van der Waals surface area contributed by atoms with Gasteiger partial charge in [-0.25, -0.2) is 0 Å². The fraction of sp³-hybridized carbons (Fsp3) is 0.333. The van der Waals surface area contributed by atoms with Gasteiger partial charge in [0.1, 0.15) is 0 Å². The number of halogens is 1. The Morgan fingerprint density at radius 1 is 1.15 bits per heavy atom. The summed E-state index contributed by atoms with van der Waals surface area (Å²) in [6, 6.07) is 10.3. The summed E-state index contributed by atoms with van der Waals surface area (Å²) in [5, 5.41) is 5.52. The number of nitrogens with one attached hydrogen (secondary N) is 1. The van der Waals surface area contributed by atoms with Crippen LogP contribution in [-0.2, 0) is 13.1 Å². The average molecular weight is 314 g/mol. The largest absolute Gasteiger partial charge is 0.493 e. The quantitative estimate of drug-likeness (QED) is 0.842. The minimum Gasteiger partial charge on any atom is -0.493 e. The minimum atomic E-state index is 0. The van der Waals surface area contributed by atoms with Crippen LogP contribution in [0.3, 0.4) is 0 Å². The molecular weight excluding hydrogens is 294 g/mol. The summed E-state index contributed by atoms with van der Waals surface area (Å²) >= 11 is 1.77. The van der Waals surface area contributed by atoms with Crippen molar-refractivity contribution in [1.29, 1.82) is 0 Å². The van der Waals surface area contributed by atoms with Gasteiger partial charge in [0.25, 0.3) is 0 Å². The minimum absolute atomic E-state index is 0. The van der Waals surface area contributed by atoms with Gasteiger partial charge in [0.05, 0.1) is 13.7 Å². The fourth-order valence-electron chi connectivity index (χ4n) is 1.84. The summed E-state index contributed by atoms with van der Waals surface area (Å²) in [6.45, 7) is 4.33. The Morgan fingerprint density at radius 3 is 2.65 bits per heavy atom. The molecule has 0 saturated heterocycles. The van der Waals surface area contributed by atoms with Crippen LogP contribution >= 0.6 is 23.7 Å². The zero-order valence-electron chi connectivity index (χ0n) is 11.7. The van der Waals surface area contributed by atoms with Gasteiger partial charge in [-0.2, -0.15) is 0 Å². The van der Waals surface area contributed by atoms with E-state index in [4.69, 9.17) is 9.47 Å². The predicted octanol–water partition coefficient (Wildman–Crippen LogP) is 3.87. The van der Waals surface area contributed by atoms with Crippen molar-refractivity contribution >= 4 is 23.7 Å². The molecule has 0 unspecified atom stereocenters. The summed E-state index contributed by atoms with van der Waals surface area (Å²) < 4.78 is 10.8. The molecule has 0 atom stereocenters. The predicted molar refractivity (Wildman–Crippen MR) is 86.3 cm³/mol. The topological polar surface area (TPSA) is 30.5 Å². The molecular formula is C15H20ClNO2S. The molecule has 1 aromatic heterocycles. The van der Waals surface area contributed by atoms with E-state index < -0.39 is 0 Å². The van der Waals surface area contributed by atoms with Crippen molar-refractivity contribution in [3.8, 4) is 11.5 Å². The monoisotopic (exact) mass is 313 g/mol. The molecule has 1 aromatic carbocycles. The van der Waals surface area contributed by atoms with Crippen molar-refractivity contribution in [3.05, 3.63) is 46.2 Å². The van der Waals surface area contributed by atoms with E-state index in [0.717, 1.165) is 24.6 Å². The van der Waals surface area contributed by atoms with E-state index in [1.807, 2.05) is 19.1 Å². The van der Waals surface area contributed by atoms with Crippen LogP contribution < -0.4 is 14.8 Å². The van der Waals surface area contributed by atoms with Crippen LogP contribution in [0.4, 0.5) is 0 Å². The Bertz CT molecular complexity index is 503. The van der Waals surface area contributed by atoms with E-state index in [1.54, 1.807) is 18.4 Å². The average Bonchev–Trinajstić information content (AvgIpc) is 2.94. The molecule has 0 aliphatic rings. The lowest BCUT2D eigenvalue weighted by Gasteiger charge is -2.11. The van der Waals surface area contributed by atoms with E-state index in [-0.39, 0.29) is 12.4 Å². The summed E-state index contributed by atoms with van der Waals surface area (Å²) in [4.78, 5) is 1.35. The van der Waals surface area contributed by atoms with Gasteiger partial charge >= 0.3 is 0 Å². The van der Waals surface area contributed by atoms with Crippen LogP contribution in [0.5, 0.6) is 11.5 Å².